The molecule has 1 aromatic heterocycles. The zero-order valence-electron chi connectivity index (χ0n) is 12.5. The number of carbonyl (C=O) groups excluding carboxylic acids is 1. The molecule has 0 aliphatic rings. The number of halogens is 1. The molecule has 4 heteroatoms. The van der Waals surface area contributed by atoms with Gasteiger partial charge < -0.3 is 9.90 Å². The molecule has 4 rings (SSSR count). The van der Waals surface area contributed by atoms with Crippen molar-refractivity contribution in [3.63, 3.8) is 0 Å². The Morgan fingerprint density at radius 1 is 0.958 bits per heavy atom. The molecule has 0 spiro atoms. The lowest BCUT2D eigenvalue weighted by atomic mass is 9.99. The fraction of sp³-hybridized carbons (Fsp3) is 0. The molecular weight excluding hydrogens is 322 g/mol. The quantitative estimate of drug-likeness (QED) is 0.520. The van der Waals surface area contributed by atoms with E-state index in [0.29, 0.717) is 21.6 Å². The van der Waals surface area contributed by atoms with Crippen molar-refractivity contribution in [2.24, 2.45) is 0 Å². The highest BCUT2D eigenvalue weighted by molar-refractivity contribution is 6.30. The third kappa shape index (κ3) is 2.39. The van der Waals surface area contributed by atoms with Crippen LogP contribution in [-0.2, 0) is 0 Å². The van der Waals surface area contributed by atoms with Crippen LogP contribution in [0.15, 0.2) is 66.7 Å². The van der Waals surface area contributed by atoms with Crippen molar-refractivity contribution in [1.82, 2.24) is 4.98 Å². The van der Waals surface area contributed by atoms with Crippen LogP contribution >= 0.6 is 11.6 Å². The number of pyridine rings is 1. The zero-order valence-corrected chi connectivity index (χ0v) is 13.2. The normalized spacial score (nSPS) is 11.0. The van der Waals surface area contributed by atoms with Gasteiger partial charge in [-0.05, 0) is 35.0 Å². The third-order valence-electron chi connectivity index (χ3n) is 4.06. The maximum Gasteiger partial charge on any atom is 0.0723 e. The van der Waals surface area contributed by atoms with Crippen molar-refractivity contribution in [3.05, 3.63) is 77.3 Å². The van der Waals surface area contributed by atoms with Gasteiger partial charge in [0, 0.05) is 21.5 Å². The predicted octanol–water partition coefficient (Wildman–Crippen LogP) is 4.07. The number of hydrogen-bond donors (Lipinski definition) is 0. The Labute approximate surface area is 143 Å². The molecule has 0 bridgehead atoms. The first-order chi connectivity index (χ1) is 11.6. The average Bonchev–Trinajstić information content (AvgIpc) is 2.61. The molecule has 0 saturated heterocycles. The monoisotopic (exact) mass is 332 g/mol. The molecule has 116 valence electrons. The largest absolute Gasteiger partial charge is 0.545 e. The summed E-state index contributed by atoms with van der Waals surface area (Å²) in [5.41, 5.74) is 2.15. The molecule has 0 N–H and O–H groups in total. The molecule has 0 aliphatic carbocycles. The summed E-state index contributed by atoms with van der Waals surface area (Å²) in [4.78, 5) is 16.4. The minimum atomic E-state index is -1.21. The van der Waals surface area contributed by atoms with Crippen molar-refractivity contribution in [3.8, 4) is 11.3 Å². The second-order valence-corrected chi connectivity index (χ2v) is 5.97. The lowest BCUT2D eigenvalue weighted by molar-refractivity contribution is -0.254. The Morgan fingerprint density at radius 2 is 1.71 bits per heavy atom. The van der Waals surface area contributed by atoms with Gasteiger partial charge in [0.25, 0.3) is 0 Å². The van der Waals surface area contributed by atoms with Gasteiger partial charge in [-0.1, -0.05) is 54.1 Å². The van der Waals surface area contributed by atoms with Gasteiger partial charge in [-0.2, -0.15) is 0 Å². The van der Waals surface area contributed by atoms with E-state index < -0.39 is 5.97 Å². The molecule has 0 saturated carbocycles. The van der Waals surface area contributed by atoms with Crippen molar-refractivity contribution < 1.29 is 9.90 Å². The molecule has 0 amide bonds. The van der Waals surface area contributed by atoms with Crippen molar-refractivity contribution in [1.29, 1.82) is 0 Å². The summed E-state index contributed by atoms with van der Waals surface area (Å²) < 4.78 is 0. The van der Waals surface area contributed by atoms with E-state index in [-0.39, 0.29) is 5.56 Å². The minimum absolute atomic E-state index is 0.141. The van der Waals surface area contributed by atoms with Crippen molar-refractivity contribution >= 4 is 39.2 Å². The van der Waals surface area contributed by atoms with Crippen LogP contribution < -0.4 is 5.11 Å². The number of hydrogen-bond acceptors (Lipinski definition) is 3. The van der Waals surface area contributed by atoms with Gasteiger partial charge in [-0.15, -0.1) is 0 Å². The van der Waals surface area contributed by atoms with Gasteiger partial charge in [-0.3, -0.25) is 0 Å². The van der Waals surface area contributed by atoms with E-state index in [2.05, 4.69) is 4.98 Å². The standard InChI is InChI=1S/C20H12ClNO2/c21-14-8-5-13(6-9-14)18-11-16(20(23)24)19-15-4-2-1-3-12(15)7-10-17(19)22-18/h1-11H,(H,23,24)/p-1. The average molecular weight is 333 g/mol. The van der Waals surface area contributed by atoms with Gasteiger partial charge in [0.1, 0.15) is 0 Å². The first-order valence-corrected chi connectivity index (χ1v) is 7.81. The summed E-state index contributed by atoms with van der Waals surface area (Å²) in [5, 5.41) is 14.8. The molecule has 3 aromatic carbocycles. The van der Waals surface area contributed by atoms with Crippen LogP contribution in [0, 0.1) is 0 Å². The van der Waals surface area contributed by atoms with Crippen molar-refractivity contribution in [2.75, 3.05) is 0 Å². The van der Waals surface area contributed by atoms with Crippen LogP contribution in [0.4, 0.5) is 0 Å². The smallest absolute Gasteiger partial charge is 0.0723 e. The first kappa shape index (κ1) is 14.7. The number of benzene rings is 3. The maximum atomic E-state index is 11.7. The topological polar surface area (TPSA) is 53.0 Å². The Morgan fingerprint density at radius 3 is 2.46 bits per heavy atom. The fourth-order valence-corrected chi connectivity index (χ4v) is 3.06. The molecule has 0 fully saturated rings. The second kappa shape index (κ2) is 5.62. The number of nitrogens with zero attached hydrogens (tertiary/aromatic N) is 1. The van der Waals surface area contributed by atoms with E-state index >= 15 is 0 Å². The van der Waals surface area contributed by atoms with Crippen LogP contribution in [0.25, 0.3) is 32.9 Å². The van der Waals surface area contributed by atoms with Crippen LogP contribution in [0.5, 0.6) is 0 Å². The Hall–Kier alpha value is -2.91. The van der Waals surface area contributed by atoms with E-state index in [1.165, 1.54) is 0 Å². The summed E-state index contributed by atoms with van der Waals surface area (Å²) in [5.74, 6) is -1.21. The van der Waals surface area contributed by atoms with Crippen LogP contribution in [0.1, 0.15) is 10.4 Å². The first-order valence-electron chi connectivity index (χ1n) is 7.43. The molecule has 24 heavy (non-hydrogen) atoms. The van der Waals surface area contributed by atoms with E-state index in [1.54, 1.807) is 18.2 Å². The Bertz CT molecular complexity index is 1090. The number of carboxylic acid groups (broad SMARTS) is 1. The lowest BCUT2D eigenvalue weighted by Crippen LogP contribution is -2.22. The van der Waals surface area contributed by atoms with Crippen molar-refractivity contribution in [2.45, 2.75) is 0 Å². The van der Waals surface area contributed by atoms with Gasteiger partial charge in [0.05, 0.1) is 17.2 Å². The van der Waals surface area contributed by atoms with Crippen LogP contribution in [0.3, 0.4) is 0 Å². The number of rotatable bonds is 2. The van der Waals surface area contributed by atoms with E-state index in [4.69, 9.17) is 11.6 Å². The molecule has 0 atom stereocenters. The van der Waals surface area contributed by atoms with Crippen LogP contribution in [0.2, 0.25) is 5.02 Å². The number of fused-ring (bicyclic) bond motifs is 3. The molecule has 4 aromatic rings. The van der Waals surface area contributed by atoms with Gasteiger partial charge >= 0.3 is 0 Å². The SMILES string of the molecule is O=C([O-])c1cc(-c2ccc(Cl)cc2)nc2ccc3ccccc3c12. The minimum Gasteiger partial charge on any atom is -0.545 e. The Kier molecular flexibility index (Phi) is 3.44. The third-order valence-corrected chi connectivity index (χ3v) is 4.31. The summed E-state index contributed by atoms with van der Waals surface area (Å²) in [6, 6.07) is 20.1. The molecule has 0 unspecified atom stereocenters. The van der Waals surface area contributed by atoms with Gasteiger partial charge in [-0.25, -0.2) is 4.98 Å². The zero-order chi connectivity index (χ0) is 16.7. The summed E-state index contributed by atoms with van der Waals surface area (Å²) in [7, 11) is 0. The number of aromatic carboxylic acids is 1. The van der Waals surface area contributed by atoms with Crippen LogP contribution in [-0.4, -0.2) is 11.0 Å². The lowest BCUT2D eigenvalue weighted by Gasteiger charge is -2.13. The fourth-order valence-electron chi connectivity index (χ4n) is 2.94. The van der Waals surface area contributed by atoms with Gasteiger partial charge in [0.2, 0.25) is 0 Å². The van der Waals surface area contributed by atoms with E-state index in [1.807, 2.05) is 48.5 Å². The second-order valence-electron chi connectivity index (χ2n) is 5.53. The number of aromatic nitrogens is 1. The molecule has 0 radical (unpaired) electrons. The number of carbonyl (C=O) groups is 1. The molecular formula is C20H11ClNO2-. The summed E-state index contributed by atoms with van der Waals surface area (Å²) in [6.45, 7) is 0. The Balaban J connectivity index is 2.08. The molecule has 0 aliphatic heterocycles. The van der Waals surface area contributed by atoms with E-state index in [0.717, 1.165) is 16.3 Å². The highest BCUT2D eigenvalue weighted by Crippen LogP contribution is 2.30. The predicted molar refractivity (Wildman–Crippen MR) is 94.0 cm³/mol. The molecule has 3 nitrogen and oxygen atoms in total. The highest BCUT2D eigenvalue weighted by Gasteiger charge is 2.11. The highest BCUT2D eigenvalue weighted by atomic mass is 35.5. The molecule has 1 heterocycles. The number of carboxylic acids is 1. The van der Waals surface area contributed by atoms with E-state index in [9.17, 15) is 9.90 Å². The maximum absolute atomic E-state index is 11.7. The summed E-state index contributed by atoms with van der Waals surface area (Å²) >= 11 is 5.92. The summed E-state index contributed by atoms with van der Waals surface area (Å²) in [6.07, 6.45) is 0. The van der Waals surface area contributed by atoms with Gasteiger partial charge in [0.15, 0.2) is 0 Å².